The van der Waals surface area contributed by atoms with Crippen molar-refractivity contribution in [3.8, 4) is 5.75 Å². The second-order valence-electron chi connectivity index (χ2n) is 6.04. The van der Waals surface area contributed by atoms with Crippen molar-refractivity contribution in [1.29, 1.82) is 0 Å². The number of benzene rings is 2. The molecule has 1 N–H and O–H groups in total. The molecule has 2 aromatic carbocycles. The third kappa shape index (κ3) is 4.03. The van der Waals surface area contributed by atoms with E-state index in [-0.39, 0.29) is 5.57 Å². The van der Waals surface area contributed by atoms with Gasteiger partial charge in [0.2, 0.25) is 0 Å². The Morgan fingerprint density at radius 1 is 1.07 bits per heavy atom. The summed E-state index contributed by atoms with van der Waals surface area (Å²) in [5.41, 5.74) is 1.24. The average Bonchev–Trinajstić information content (AvgIpc) is 2.61. The van der Waals surface area contributed by atoms with Crippen LogP contribution in [-0.4, -0.2) is 24.5 Å². The molecular weight excluding hydrogens is 403 g/mol. The van der Waals surface area contributed by atoms with E-state index >= 15 is 0 Å². The summed E-state index contributed by atoms with van der Waals surface area (Å²) in [5.74, 6) is -1.04. The lowest BCUT2D eigenvalue weighted by Gasteiger charge is -2.27. The SMILES string of the molecule is CCOc1cc(Cl)cc(/C=C2\C(=O)NC(=O)N(c3cc(Cl)ccc3C)C2=O)c1. The van der Waals surface area contributed by atoms with Gasteiger partial charge in [-0.05, 0) is 61.4 Å². The number of rotatable bonds is 4. The zero-order valence-corrected chi connectivity index (χ0v) is 16.6. The molecule has 3 rings (SSSR count). The number of aryl methyl sites for hydroxylation is 1. The van der Waals surface area contributed by atoms with Crippen LogP contribution in [0.4, 0.5) is 10.5 Å². The van der Waals surface area contributed by atoms with Crippen molar-refractivity contribution in [2.75, 3.05) is 11.5 Å². The van der Waals surface area contributed by atoms with Crippen LogP contribution in [0.2, 0.25) is 10.0 Å². The van der Waals surface area contributed by atoms with Crippen molar-refractivity contribution in [2.45, 2.75) is 13.8 Å². The summed E-state index contributed by atoms with van der Waals surface area (Å²) < 4.78 is 5.43. The van der Waals surface area contributed by atoms with Crippen LogP contribution >= 0.6 is 23.2 Å². The molecule has 1 fully saturated rings. The number of carbonyl (C=O) groups excluding carboxylic acids is 3. The van der Waals surface area contributed by atoms with Crippen LogP contribution < -0.4 is 15.0 Å². The van der Waals surface area contributed by atoms with E-state index in [1.807, 2.05) is 6.92 Å². The molecule has 1 aliphatic heterocycles. The number of hydrogen-bond acceptors (Lipinski definition) is 4. The topological polar surface area (TPSA) is 75.7 Å². The maximum atomic E-state index is 13.0. The van der Waals surface area contributed by atoms with E-state index in [4.69, 9.17) is 27.9 Å². The van der Waals surface area contributed by atoms with Crippen molar-refractivity contribution >= 4 is 52.8 Å². The molecule has 8 heteroatoms. The van der Waals surface area contributed by atoms with Crippen LogP contribution in [-0.2, 0) is 9.59 Å². The van der Waals surface area contributed by atoms with Gasteiger partial charge in [0.25, 0.3) is 11.8 Å². The van der Waals surface area contributed by atoms with Gasteiger partial charge in [-0.15, -0.1) is 0 Å². The Balaban J connectivity index is 2.05. The first kappa shape index (κ1) is 19.9. The van der Waals surface area contributed by atoms with E-state index in [1.165, 1.54) is 12.1 Å². The fraction of sp³-hybridized carbons (Fsp3) is 0.150. The Bertz CT molecular complexity index is 1020. The number of amides is 4. The molecule has 0 radical (unpaired) electrons. The smallest absolute Gasteiger partial charge is 0.335 e. The Kier molecular flexibility index (Phi) is 5.72. The van der Waals surface area contributed by atoms with Crippen LogP contribution in [0, 0.1) is 6.92 Å². The Morgan fingerprint density at radius 3 is 2.54 bits per heavy atom. The van der Waals surface area contributed by atoms with Gasteiger partial charge in [-0.2, -0.15) is 0 Å². The quantitative estimate of drug-likeness (QED) is 0.590. The van der Waals surface area contributed by atoms with Crippen molar-refractivity contribution < 1.29 is 19.1 Å². The lowest BCUT2D eigenvalue weighted by Crippen LogP contribution is -2.54. The fourth-order valence-electron chi connectivity index (χ4n) is 2.78. The first-order valence-corrected chi connectivity index (χ1v) is 9.16. The van der Waals surface area contributed by atoms with E-state index in [2.05, 4.69) is 5.32 Å². The molecule has 4 amide bonds. The lowest BCUT2D eigenvalue weighted by atomic mass is 10.1. The summed E-state index contributed by atoms with van der Waals surface area (Å²) in [6.07, 6.45) is 1.37. The molecule has 0 aliphatic carbocycles. The summed E-state index contributed by atoms with van der Waals surface area (Å²) in [6, 6.07) is 8.85. The van der Waals surface area contributed by atoms with Gasteiger partial charge in [0, 0.05) is 10.0 Å². The second-order valence-corrected chi connectivity index (χ2v) is 6.91. The first-order chi connectivity index (χ1) is 13.3. The fourth-order valence-corrected chi connectivity index (χ4v) is 3.18. The molecular formula is C20H16Cl2N2O4. The van der Waals surface area contributed by atoms with Gasteiger partial charge in [-0.1, -0.05) is 29.3 Å². The number of nitrogens with zero attached hydrogens (tertiary/aromatic N) is 1. The Hall–Kier alpha value is -2.83. The summed E-state index contributed by atoms with van der Waals surface area (Å²) in [7, 11) is 0. The molecule has 1 heterocycles. The summed E-state index contributed by atoms with van der Waals surface area (Å²) in [6.45, 7) is 4.00. The maximum Gasteiger partial charge on any atom is 0.335 e. The summed E-state index contributed by atoms with van der Waals surface area (Å²) >= 11 is 12.1. The molecule has 0 unspecified atom stereocenters. The van der Waals surface area contributed by atoms with Gasteiger partial charge < -0.3 is 4.74 Å². The monoisotopic (exact) mass is 418 g/mol. The van der Waals surface area contributed by atoms with Crippen molar-refractivity contribution in [2.24, 2.45) is 0 Å². The third-order valence-corrected chi connectivity index (χ3v) is 4.48. The minimum Gasteiger partial charge on any atom is -0.494 e. The molecule has 0 spiro atoms. The largest absolute Gasteiger partial charge is 0.494 e. The normalized spacial score (nSPS) is 15.8. The summed E-state index contributed by atoms with van der Waals surface area (Å²) in [5, 5.41) is 2.93. The standard InChI is InChI=1S/C20H16Cl2N2O4/c1-3-28-15-7-12(6-14(22)9-15)8-16-18(25)23-20(27)24(19(16)26)17-10-13(21)5-4-11(17)2/h4-10H,3H2,1-2H3,(H,23,25,27)/b16-8+. The Morgan fingerprint density at radius 2 is 1.82 bits per heavy atom. The van der Waals surface area contributed by atoms with Crippen LogP contribution in [0.15, 0.2) is 42.0 Å². The summed E-state index contributed by atoms with van der Waals surface area (Å²) in [4.78, 5) is 38.5. The van der Waals surface area contributed by atoms with Gasteiger partial charge in [-0.3, -0.25) is 14.9 Å². The van der Waals surface area contributed by atoms with Crippen LogP contribution in [0.25, 0.3) is 6.08 Å². The maximum absolute atomic E-state index is 13.0. The predicted octanol–water partition coefficient (Wildman–Crippen LogP) is 4.37. The second kappa shape index (κ2) is 8.04. The highest BCUT2D eigenvalue weighted by Crippen LogP contribution is 2.29. The van der Waals surface area contributed by atoms with Crippen molar-refractivity contribution in [3.63, 3.8) is 0 Å². The van der Waals surface area contributed by atoms with E-state index in [9.17, 15) is 14.4 Å². The number of barbiturate groups is 1. The van der Waals surface area contributed by atoms with Gasteiger partial charge in [0.15, 0.2) is 0 Å². The molecule has 1 aliphatic rings. The highest BCUT2D eigenvalue weighted by molar-refractivity contribution is 6.39. The number of nitrogens with one attached hydrogen (secondary N) is 1. The minimum atomic E-state index is -0.835. The molecule has 2 aromatic rings. The minimum absolute atomic E-state index is 0.205. The molecule has 0 aromatic heterocycles. The van der Waals surface area contributed by atoms with Gasteiger partial charge in [-0.25, -0.2) is 9.69 Å². The van der Waals surface area contributed by atoms with Gasteiger partial charge in [0.1, 0.15) is 11.3 Å². The van der Waals surface area contributed by atoms with Gasteiger partial charge in [0.05, 0.1) is 12.3 Å². The van der Waals surface area contributed by atoms with Crippen molar-refractivity contribution in [3.05, 3.63) is 63.1 Å². The van der Waals surface area contributed by atoms with E-state index in [0.29, 0.717) is 39.2 Å². The molecule has 28 heavy (non-hydrogen) atoms. The molecule has 0 saturated carbocycles. The molecule has 0 bridgehead atoms. The van der Waals surface area contributed by atoms with Crippen LogP contribution in [0.5, 0.6) is 5.75 Å². The molecule has 144 valence electrons. The van der Waals surface area contributed by atoms with E-state index < -0.39 is 17.8 Å². The number of anilines is 1. The van der Waals surface area contributed by atoms with Crippen molar-refractivity contribution in [1.82, 2.24) is 5.32 Å². The van der Waals surface area contributed by atoms with E-state index in [1.54, 1.807) is 37.3 Å². The highest BCUT2D eigenvalue weighted by atomic mass is 35.5. The van der Waals surface area contributed by atoms with E-state index in [0.717, 1.165) is 4.90 Å². The zero-order valence-electron chi connectivity index (χ0n) is 15.1. The van der Waals surface area contributed by atoms with Crippen LogP contribution in [0.1, 0.15) is 18.1 Å². The number of imide groups is 2. The molecule has 6 nitrogen and oxygen atoms in total. The van der Waals surface area contributed by atoms with Crippen LogP contribution in [0.3, 0.4) is 0 Å². The lowest BCUT2D eigenvalue weighted by molar-refractivity contribution is -0.122. The third-order valence-electron chi connectivity index (χ3n) is 4.03. The van der Waals surface area contributed by atoms with Gasteiger partial charge >= 0.3 is 6.03 Å². The highest BCUT2D eigenvalue weighted by Gasteiger charge is 2.37. The number of carbonyl (C=O) groups is 3. The number of hydrogen-bond donors (Lipinski definition) is 1. The average molecular weight is 419 g/mol. The molecule has 1 saturated heterocycles. The predicted molar refractivity (Wildman–Crippen MR) is 108 cm³/mol. The Labute approximate surface area is 171 Å². The zero-order chi connectivity index (χ0) is 20.4. The first-order valence-electron chi connectivity index (χ1n) is 8.41. The number of ether oxygens (including phenoxy) is 1. The number of halogens is 2. The number of urea groups is 1. The molecule has 0 atom stereocenters.